The number of aliphatic hydroxyl groups is 2. The average Bonchev–Trinajstić information content (AvgIpc) is 4.09. The van der Waals surface area contributed by atoms with Gasteiger partial charge in [-0.2, -0.15) is 31.0 Å². The summed E-state index contributed by atoms with van der Waals surface area (Å²) in [6, 6.07) is 19.3. The SMILES string of the molecule is C.N#Cc1c(Cl)nc(OCCO)c(C#N)c1-c1ccc2c(c1)OCO2.N#Cc1c(NC2CC2)nc(OCCO)c(C#N)c1-c1ccc2c(c1)OCO2.NC1CC1. The topological polar surface area (TPSA) is 255 Å². The van der Waals surface area contributed by atoms with E-state index in [1.807, 2.05) is 12.1 Å². The predicted octanol–water partition coefficient (Wildman–Crippen LogP) is 5.15. The second kappa shape index (κ2) is 18.7. The molecule has 2 aromatic carbocycles. The number of hydrogen-bond donors (Lipinski definition) is 4. The van der Waals surface area contributed by atoms with Gasteiger partial charge in [0.25, 0.3) is 0 Å². The van der Waals surface area contributed by atoms with Crippen molar-refractivity contribution in [1.82, 2.24) is 9.97 Å². The number of nitriles is 4. The number of fused-ring (bicyclic) bond motifs is 2. The van der Waals surface area contributed by atoms with Gasteiger partial charge in [0.15, 0.2) is 28.2 Å². The molecule has 4 aliphatic rings. The summed E-state index contributed by atoms with van der Waals surface area (Å²) in [6.07, 6.45) is 4.53. The molecule has 0 saturated heterocycles. The van der Waals surface area contributed by atoms with Crippen LogP contribution >= 0.6 is 11.6 Å². The molecule has 4 heterocycles. The van der Waals surface area contributed by atoms with Crippen LogP contribution in [-0.4, -0.2) is 72.3 Å². The number of benzene rings is 2. The van der Waals surface area contributed by atoms with E-state index in [1.165, 1.54) is 12.8 Å². The number of aliphatic hydroxyl groups excluding tert-OH is 2. The number of nitrogens with two attached hydrogens (primary N) is 1. The van der Waals surface area contributed by atoms with Gasteiger partial charge in [-0.1, -0.05) is 31.2 Å². The van der Waals surface area contributed by atoms with Gasteiger partial charge in [0.2, 0.25) is 25.3 Å². The average molecular weight is 781 g/mol. The van der Waals surface area contributed by atoms with E-state index < -0.39 is 0 Å². The van der Waals surface area contributed by atoms with Crippen molar-refractivity contribution in [2.24, 2.45) is 5.73 Å². The molecule has 0 radical (unpaired) electrons. The fourth-order valence-corrected chi connectivity index (χ4v) is 5.53. The summed E-state index contributed by atoms with van der Waals surface area (Å²) in [4.78, 5) is 8.29. The lowest BCUT2D eigenvalue weighted by Crippen LogP contribution is -2.11. The van der Waals surface area contributed by atoms with E-state index in [-0.39, 0.29) is 92.6 Å². The van der Waals surface area contributed by atoms with Gasteiger partial charge in [0.05, 0.1) is 18.8 Å². The predicted molar refractivity (Wildman–Crippen MR) is 201 cm³/mol. The van der Waals surface area contributed by atoms with Crippen molar-refractivity contribution >= 4 is 17.4 Å². The first-order valence-electron chi connectivity index (χ1n) is 17.0. The molecule has 0 bridgehead atoms. The number of rotatable bonds is 10. The molecule has 0 amide bonds. The third kappa shape index (κ3) is 9.22. The van der Waals surface area contributed by atoms with Crippen molar-refractivity contribution < 1.29 is 38.6 Å². The zero-order valence-corrected chi connectivity index (χ0v) is 29.9. The first-order valence-corrected chi connectivity index (χ1v) is 17.4. The molecule has 5 N–H and O–H groups in total. The molecule has 0 atom stereocenters. The van der Waals surface area contributed by atoms with Crippen LogP contribution in [0.1, 0.15) is 55.4 Å². The van der Waals surface area contributed by atoms with Crippen LogP contribution in [0.3, 0.4) is 0 Å². The van der Waals surface area contributed by atoms with Crippen LogP contribution in [0.4, 0.5) is 5.82 Å². The monoisotopic (exact) mass is 780 g/mol. The Morgan fingerprint density at radius 3 is 1.57 bits per heavy atom. The Hall–Kier alpha value is -6.53. The molecule has 2 aromatic heterocycles. The number of ether oxygens (including phenoxy) is 6. The number of hydrogen-bond acceptors (Lipinski definition) is 16. The fourth-order valence-electron chi connectivity index (χ4n) is 5.31. The lowest BCUT2D eigenvalue weighted by Gasteiger charge is -2.16. The molecule has 17 heteroatoms. The highest BCUT2D eigenvalue weighted by Gasteiger charge is 2.29. The molecule has 2 aliphatic heterocycles. The van der Waals surface area contributed by atoms with Crippen molar-refractivity contribution in [3.63, 3.8) is 0 Å². The van der Waals surface area contributed by atoms with E-state index in [1.54, 1.807) is 36.4 Å². The Bertz CT molecular complexity index is 2250. The number of pyridine rings is 2. The van der Waals surface area contributed by atoms with E-state index in [2.05, 4.69) is 27.4 Å². The Labute approximate surface area is 327 Å². The van der Waals surface area contributed by atoms with Crippen LogP contribution in [0.15, 0.2) is 36.4 Å². The molecular weight excluding hydrogens is 744 g/mol. The first-order chi connectivity index (χ1) is 26.8. The minimum Gasteiger partial charge on any atom is -0.474 e. The third-order valence-corrected chi connectivity index (χ3v) is 8.53. The molecule has 56 heavy (non-hydrogen) atoms. The Kier molecular flexibility index (Phi) is 13.6. The van der Waals surface area contributed by atoms with Crippen LogP contribution in [-0.2, 0) is 0 Å². The maximum Gasteiger partial charge on any atom is 0.234 e. The second-order valence-corrected chi connectivity index (χ2v) is 12.6. The molecule has 0 spiro atoms. The van der Waals surface area contributed by atoms with Crippen LogP contribution in [0.2, 0.25) is 5.15 Å². The third-order valence-electron chi connectivity index (χ3n) is 8.25. The quantitative estimate of drug-likeness (QED) is 0.152. The second-order valence-electron chi connectivity index (χ2n) is 12.2. The highest BCUT2D eigenvalue weighted by Crippen LogP contribution is 2.43. The van der Waals surface area contributed by atoms with Gasteiger partial charge in [-0.25, -0.2) is 0 Å². The number of nitrogens with one attached hydrogen (secondary N) is 1. The first kappa shape index (κ1) is 40.7. The normalized spacial score (nSPS) is 13.8. The van der Waals surface area contributed by atoms with Gasteiger partial charge in [-0.15, -0.1) is 0 Å². The fraction of sp³-hybridized carbons (Fsp3) is 0.333. The molecule has 2 saturated carbocycles. The number of nitrogens with zero attached hydrogens (tertiary/aromatic N) is 6. The standard InChI is InChI=1S/C19H16N4O4.C16H10ClN3O4.C3H7N.CH4/c20-8-13-17(11-1-4-15-16(7-11)27-10-26-15)14(9-21)19(25-6-5-24)23-18(13)22-12-2-3-12;17-15-10(6-18)14(11(7-19)16(20-15)22-4-3-21)9-1-2-12-13(5-9)24-8-23-12;4-3-1-2-3;/h1,4,7,12,24H,2-3,5-6,10H2,(H,22,23);1-2,5,21H,3-4,8H2;3H,1-2,4H2;1H4. The number of anilines is 1. The lowest BCUT2D eigenvalue weighted by molar-refractivity contribution is 0.173. The smallest absolute Gasteiger partial charge is 0.234 e. The van der Waals surface area contributed by atoms with Crippen molar-refractivity contribution in [2.75, 3.05) is 45.3 Å². The van der Waals surface area contributed by atoms with Crippen molar-refractivity contribution in [3.8, 4) is 81.3 Å². The highest BCUT2D eigenvalue weighted by molar-refractivity contribution is 6.31. The van der Waals surface area contributed by atoms with Gasteiger partial charge < -0.3 is 49.7 Å². The zero-order valence-electron chi connectivity index (χ0n) is 29.2. The summed E-state index contributed by atoms with van der Waals surface area (Å²) in [5.74, 6) is 2.66. The Morgan fingerprint density at radius 1 is 0.696 bits per heavy atom. The van der Waals surface area contributed by atoms with Crippen LogP contribution in [0.25, 0.3) is 22.3 Å². The van der Waals surface area contributed by atoms with E-state index in [4.69, 9.17) is 56.0 Å². The Balaban J connectivity index is 0.000000192. The zero-order chi connectivity index (χ0) is 38.9. The van der Waals surface area contributed by atoms with E-state index in [0.717, 1.165) is 12.8 Å². The minimum absolute atomic E-state index is 0. The molecule has 8 rings (SSSR count). The summed E-state index contributed by atoms with van der Waals surface area (Å²) >= 11 is 6.07. The summed E-state index contributed by atoms with van der Waals surface area (Å²) in [5, 5.41) is 59.6. The van der Waals surface area contributed by atoms with Crippen molar-refractivity contribution in [2.45, 2.75) is 45.2 Å². The molecule has 16 nitrogen and oxygen atoms in total. The van der Waals surface area contributed by atoms with Crippen molar-refractivity contribution in [3.05, 3.63) is 63.8 Å². The summed E-state index contributed by atoms with van der Waals surface area (Å²) in [5.41, 5.74) is 7.64. The molecular formula is C39H37ClN8O8. The summed E-state index contributed by atoms with van der Waals surface area (Å²) < 4.78 is 32.1. The Morgan fingerprint density at radius 2 is 1.14 bits per heavy atom. The van der Waals surface area contributed by atoms with E-state index >= 15 is 0 Å². The maximum absolute atomic E-state index is 9.80. The molecule has 288 valence electrons. The maximum atomic E-state index is 9.80. The molecule has 2 aliphatic carbocycles. The molecule has 4 aromatic rings. The summed E-state index contributed by atoms with van der Waals surface area (Å²) in [6.45, 7) is -0.274. The van der Waals surface area contributed by atoms with Gasteiger partial charge in [-0.3, -0.25) is 0 Å². The highest BCUT2D eigenvalue weighted by atomic mass is 35.5. The van der Waals surface area contributed by atoms with E-state index in [9.17, 15) is 21.0 Å². The van der Waals surface area contributed by atoms with Gasteiger partial charge in [-0.05, 0) is 61.1 Å². The largest absolute Gasteiger partial charge is 0.474 e. The number of halogens is 1. The molecule has 2 fully saturated rings. The number of aromatic nitrogens is 2. The van der Waals surface area contributed by atoms with Gasteiger partial charge in [0, 0.05) is 23.2 Å². The van der Waals surface area contributed by atoms with Crippen LogP contribution in [0, 0.1) is 45.3 Å². The summed E-state index contributed by atoms with van der Waals surface area (Å²) in [7, 11) is 0. The van der Waals surface area contributed by atoms with Gasteiger partial charge >= 0.3 is 0 Å². The van der Waals surface area contributed by atoms with E-state index in [0.29, 0.717) is 57.1 Å². The lowest BCUT2D eigenvalue weighted by atomic mass is 9.96. The van der Waals surface area contributed by atoms with Crippen molar-refractivity contribution in [1.29, 1.82) is 21.0 Å². The van der Waals surface area contributed by atoms with Crippen LogP contribution in [0.5, 0.6) is 34.8 Å². The van der Waals surface area contributed by atoms with Gasteiger partial charge in [0.1, 0.15) is 60.0 Å². The molecule has 0 unspecified atom stereocenters. The van der Waals surface area contributed by atoms with Crippen LogP contribution < -0.4 is 39.5 Å². The minimum atomic E-state index is -0.247.